The third-order valence-corrected chi connectivity index (χ3v) is 3.51. The lowest BCUT2D eigenvalue weighted by Crippen LogP contribution is -2.42. The Morgan fingerprint density at radius 2 is 2.29 bits per heavy atom. The van der Waals surface area contributed by atoms with E-state index in [1.54, 1.807) is 24.2 Å². The Labute approximate surface area is 113 Å². The molecule has 4 nitrogen and oxygen atoms in total. The zero-order valence-electron chi connectivity index (χ0n) is 9.98. The van der Waals surface area contributed by atoms with Crippen molar-refractivity contribution in [2.24, 2.45) is 0 Å². The van der Waals surface area contributed by atoms with E-state index >= 15 is 0 Å². The molecular weight excluding hydrogens is 256 g/mol. The van der Waals surface area contributed by atoms with Crippen LogP contribution >= 0.6 is 24.2 Å². The fourth-order valence-electron chi connectivity index (χ4n) is 1.91. The van der Waals surface area contributed by atoms with Crippen molar-refractivity contribution in [1.82, 2.24) is 20.6 Å². The Morgan fingerprint density at radius 3 is 3.00 bits per heavy atom. The molecule has 1 fully saturated rings. The summed E-state index contributed by atoms with van der Waals surface area (Å²) in [5, 5.41) is 7.96. The Morgan fingerprint density at radius 1 is 1.47 bits per heavy atom. The Balaban J connectivity index is 0.00000144. The summed E-state index contributed by atoms with van der Waals surface area (Å²) in [6.07, 6.45) is 8.05. The minimum Gasteiger partial charge on any atom is -0.315 e. The van der Waals surface area contributed by atoms with Crippen LogP contribution in [-0.4, -0.2) is 35.4 Å². The number of aromatic nitrogens is 2. The molecule has 1 unspecified atom stereocenters. The molecule has 0 saturated carbocycles. The second-order valence-corrected chi connectivity index (χ2v) is 4.73. The zero-order valence-corrected chi connectivity index (χ0v) is 11.6. The molecule has 0 radical (unpaired) electrons. The summed E-state index contributed by atoms with van der Waals surface area (Å²) >= 11 is 1.65. The van der Waals surface area contributed by atoms with E-state index in [2.05, 4.69) is 20.6 Å². The highest BCUT2D eigenvalue weighted by atomic mass is 35.5. The smallest absolute Gasteiger partial charge is 0.119 e. The van der Waals surface area contributed by atoms with E-state index in [0.717, 1.165) is 30.4 Å². The Hall–Kier alpha value is -0.360. The van der Waals surface area contributed by atoms with Crippen LogP contribution in [0.4, 0.5) is 0 Å². The monoisotopic (exact) mass is 274 g/mol. The summed E-state index contributed by atoms with van der Waals surface area (Å²) in [4.78, 5) is 8.67. The van der Waals surface area contributed by atoms with Gasteiger partial charge in [-0.2, -0.15) is 0 Å². The van der Waals surface area contributed by atoms with Crippen LogP contribution in [0.5, 0.6) is 0 Å². The van der Waals surface area contributed by atoms with Gasteiger partial charge >= 0.3 is 0 Å². The van der Waals surface area contributed by atoms with E-state index in [9.17, 15) is 0 Å². The molecule has 1 saturated heterocycles. The van der Waals surface area contributed by atoms with Crippen molar-refractivity contribution in [2.75, 3.05) is 19.3 Å². The van der Waals surface area contributed by atoms with Gasteiger partial charge in [0.25, 0.3) is 0 Å². The third kappa shape index (κ3) is 4.43. The van der Waals surface area contributed by atoms with Crippen LogP contribution in [0.1, 0.15) is 18.5 Å². The van der Waals surface area contributed by atoms with Gasteiger partial charge in [0.05, 0.1) is 5.69 Å². The number of hydrogen-bond acceptors (Lipinski definition) is 5. The summed E-state index contributed by atoms with van der Waals surface area (Å²) in [5.41, 5.74) is 1.06. The Bertz CT molecular complexity index is 331. The number of nitrogens with zero attached hydrogens (tertiary/aromatic N) is 2. The lowest BCUT2D eigenvalue weighted by Gasteiger charge is -2.23. The van der Waals surface area contributed by atoms with Crippen LogP contribution in [0, 0.1) is 0 Å². The van der Waals surface area contributed by atoms with E-state index in [-0.39, 0.29) is 12.4 Å². The van der Waals surface area contributed by atoms with E-state index in [1.165, 1.54) is 12.8 Å². The fourth-order valence-corrected chi connectivity index (χ4v) is 2.44. The third-order valence-electron chi connectivity index (χ3n) is 2.78. The van der Waals surface area contributed by atoms with Crippen LogP contribution in [0.15, 0.2) is 17.4 Å². The van der Waals surface area contributed by atoms with Crippen molar-refractivity contribution < 1.29 is 0 Å². The number of piperidine rings is 1. The lowest BCUT2D eigenvalue weighted by atomic mass is 10.1. The van der Waals surface area contributed by atoms with E-state index < -0.39 is 0 Å². The normalized spacial score (nSPS) is 19.7. The lowest BCUT2D eigenvalue weighted by molar-refractivity contribution is 0.386. The molecule has 2 N–H and O–H groups in total. The molecule has 96 valence electrons. The molecule has 0 amide bonds. The van der Waals surface area contributed by atoms with Crippen LogP contribution in [0.3, 0.4) is 0 Å². The van der Waals surface area contributed by atoms with Gasteiger partial charge in [0.2, 0.25) is 0 Å². The first-order valence-corrected chi connectivity index (χ1v) is 6.90. The van der Waals surface area contributed by atoms with Gasteiger partial charge in [0.1, 0.15) is 5.03 Å². The predicted octanol–water partition coefficient (Wildman–Crippen LogP) is 1.46. The molecule has 0 aliphatic carbocycles. The molecule has 1 aliphatic heterocycles. The van der Waals surface area contributed by atoms with Crippen molar-refractivity contribution in [3.63, 3.8) is 0 Å². The molecule has 1 aliphatic rings. The second-order valence-electron chi connectivity index (χ2n) is 3.94. The number of nitrogens with one attached hydrogen (secondary N) is 2. The summed E-state index contributed by atoms with van der Waals surface area (Å²) in [6.45, 7) is 3.03. The highest BCUT2D eigenvalue weighted by molar-refractivity contribution is 7.98. The average molecular weight is 275 g/mol. The van der Waals surface area contributed by atoms with Gasteiger partial charge in [-0.3, -0.25) is 4.98 Å². The van der Waals surface area contributed by atoms with Gasteiger partial charge in [0, 0.05) is 31.5 Å². The first-order chi connectivity index (χ1) is 7.90. The summed E-state index contributed by atoms with van der Waals surface area (Å²) < 4.78 is 0. The summed E-state index contributed by atoms with van der Waals surface area (Å²) in [6, 6.07) is 0.575. The predicted molar refractivity (Wildman–Crippen MR) is 73.8 cm³/mol. The standard InChI is InChI=1S/C11H18N4S.ClH/c1-16-11-10(13-5-6-14-11)8-15-9-3-2-4-12-7-9;/h5-6,9,12,15H,2-4,7-8H2,1H3;1H. The molecule has 1 atom stereocenters. The zero-order chi connectivity index (χ0) is 11.2. The number of thioether (sulfide) groups is 1. The number of hydrogen-bond donors (Lipinski definition) is 2. The maximum Gasteiger partial charge on any atom is 0.119 e. The first-order valence-electron chi connectivity index (χ1n) is 5.68. The molecule has 2 rings (SSSR count). The Kier molecular flexibility index (Phi) is 6.80. The number of halogens is 1. The molecule has 17 heavy (non-hydrogen) atoms. The van der Waals surface area contributed by atoms with Crippen molar-refractivity contribution in [3.05, 3.63) is 18.1 Å². The van der Waals surface area contributed by atoms with E-state index in [1.807, 2.05) is 6.26 Å². The molecule has 0 aromatic carbocycles. The van der Waals surface area contributed by atoms with Gasteiger partial charge in [-0.05, 0) is 25.6 Å². The SMILES string of the molecule is CSc1nccnc1CNC1CCCNC1.Cl. The molecule has 1 aromatic rings. The molecule has 2 heterocycles. The average Bonchev–Trinajstić information content (AvgIpc) is 2.38. The molecule has 0 spiro atoms. The molecular formula is C11H19ClN4S. The minimum absolute atomic E-state index is 0. The van der Waals surface area contributed by atoms with Gasteiger partial charge in [-0.15, -0.1) is 24.2 Å². The minimum atomic E-state index is 0. The van der Waals surface area contributed by atoms with Crippen LogP contribution in [-0.2, 0) is 6.54 Å². The van der Waals surface area contributed by atoms with Crippen molar-refractivity contribution in [1.29, 1.82) is 0 Å². The van der Waals surface area contributed by atoms with Crippen molar-refractivity contribution in [3.8, 4) is 0 Å². The number of rotatable bonds is 4. The maximum absolute atomic E-state index is 4.37. The maximum atomic E-state index is 4.37. The molecule has 0 bridgehead atoms. The first kappa shape index (κ1) is 14.7. The van der Waals surface area contributed by atoms with Crippen LogP contribution in [0.2, 0.25) is 0 Å². The molecule has 6 heteroatoms. The van der Waals surface area contributed by atoms with Gasteiger partial charge < -0.3 is 10.6 Å². The van der Waals surface area contributed by atoms with Crippen LogP contribution < -0.4 is 10.6 Å². The van der Waals surface area contributed by atoms with E-state index in [4.69, 9.17) is 0 Å². The van der Waals surface area contributed by atoms with Crippen molar-refractivity contribution >= 4 is 24.2 Å². The quantitative estimate of drug-likeness (QED) is 0.815. The topological polar surface area (TPSA) is 49.8 Å². The van der Waals surface area contributed by atoms with Gasteiger partial charge in [-0.1, -0.05) is 0 Å². The van der Waals surface area contributed by atoms with Crippen LogP contribution in [0.25, 0.3) is 0 Å². The van der Waals surface area contributed by atoms with Gasteiger partial charge in [-0.25, -0.2) is 4.98 Å². The molecule has 1 aromatic heterocycles. The second kappa shape index (κ2) is 7.87. The summed E-state index contributed by atoms with van der Waals surface area (Å²) in [7, 11) is 0. The summed E-state index contributed by atoms with van der Waals surface area (Å²) in [5.74, 6) is 0. The largest absolute Gasteiger partial charge is 0.315 e. The van der Waals surface area contributed by atoms with E-state index in [0.29, 0.717) is 6.04 Å². The van der Waals surface area contributed by atoms with Crippen molar-refractivity contribution in [2.45, 2.75) is 30.5 Å². The highest BCUT2D eigenvalue weighted by Crippen LogP contribution is 2.14. The van der Waals surface area contributed by atoms with Gasteiger partial charge in [0.15, 0.2) is 0 Å². The fraction of sp³-hybridized carbons (Fsp3) is 0.636. The highest BCUT2D eigenvalue weighted by Gasteiger charge is 2.13.